The van der Waals surface area contributed by atoms with Crippen molar-refractivity contribution < 1.29 is 18.3 Å². The van der Waals surface area contributed by atoms with Gasteiger partial charge in [-0.25, -0.2) is 9.37 Å². The summed E-state index contributed by atoms with van der Waals surface area (Å²) < 4.78 is 26.0. The molecular weight excluding hydrogens is 494 g/mol. The van der Waals surface area contributed by atoms with Crippen LogP contribution in [0.5, 0.6) is 5.75 Å². The van der Waals surface area contributed by atoms with Gasteiger partial charge in [0.15, 0.2) is 11.4 Å². The number of carbonyl (C=O) groups is 1. The second kappa shape index (κ2) is 9.68. The summed E-state index contributed by atoms with van der Waals surface area (Å²) in [6, 6.07) is 2.55. The van der Waals surface area contributed by atoms with Gasteiger partial charge in [0.25, 0.3) is 0 Å². The van der Waals surface area contributed by atoms with Crippen LogP contribution in [0.15, 0.2) is 35.1 Å². The number of hydrogen-bond acceptors (Lipinski definition) is 6. The highest BCUT2D eigenvalue weighted by Gasteiger charge is 2.29. The number of nitrogen functional groups attached to an aromatic ring is 1. The van der Waals surface area contributed by atoms with Crippen LogP contribution in [0.4, 0.5) is 10.2 Å². The number of nitrogens with one attached hydrogen (secondary N) is 1. The Bertz CT molecular complexity index is 1320. The number of aromatic nitrogens is 1. The number of carbonyl (C=O) groups excluding carboxylic acids is 1. The van der Waals surface area contributed by atoms with Crippen LogP contribution in [-0.2, 0) is 4.79 Å². The minimum Gasteiger partial charge on any atom is -0.478 e. The topological polar surface area (TPSA) is 93.6 Å². The molecule has 10 heteroatoms. The van der Waals surface area contributed by atoms with Crippen molar-refractivity contribution in [3.63, 3.8) is 0 Å². The molecule has 0 saturated carbocycles. The maximum atomic E-state index is 14.0. The van der Waals surface area contributed by atoms with Gasteiger partial charge in [0.05, 0.1) is 22.7 Å². The number of anilines is 1. The highest BCUT2D eigenvalue weighted by Crippen LogP contribution is 2.41. The van der Waals surface area contributed by atoms with E-state index in [9.17, 15) is 9.18 Å². The number of fused-ring (bicyclic) bond motifs is 1. The molecule has 3 aromatic rings. The number of benzene rings is 1. The van der Waals surface area contributed by atoms with Crippen LogP contribution in [0.2, 0.25) is 10.0 Å². The molecule has 0 radical (unpaired) electrons. The van der Waals surface area contributed by atoms with E-state index < -0.39 is 11.9 Å². The highest BCUT2D eigenvalue weighted by molar-refractivity contribution is 6.36. The molecule has 3 N–H and O–H groups in total. The molecule has 1 amide bonds. The van der Waals surface area contributed by atoms with Crippen LogP contribution < -0.4 is 15.8 Å². The van der Waals surface area contributed by atoms with E-state index in [0.29, 0.717) is 30.7 Å². The van der Waals surface area contributed by atoms with Crippen molar-refractivity contribution in [2.75, 3.05) is 25.4 Å². The Morgan fingerprint density at radius 3 is 2.94 bits per heavy atom. The first kappa shape index (κ1) is 23.9. The Balaban J connectivity index is 1.41. The van der Waals surface area contributed by atoms with Crippen molar-refractivity contribution in [3.8, 4) is 5.75 Å². The molecule has 35 heavy (non-hydrogen) atoms. The quantitative estimate of drug-likeness (QED) is 0.441. The summed E-state index contributed by atoms with van der Waals surface area (Å²) in [5.74, 6) is -0.0688. The first-order valence-corrected chi connectivity index (χ1v) is 12.3. The van der Waals surface area contributed by atoms with Gasteiger partial charge in [-0.05, 0) is 50.4 Å². The zero-order chi connectivity index (χ0) is 24.7. The standard InChI is InChI=1S/C25H25Cl2FN4O3/c1-13(20-17(26)4-5-18(28)21(20)27)35-23-22-15(11-31-24(23)29)16(12-34-22)14-6-9-32(10-7-14)25(33)19-3-2-8-30-19/h4-6,11-13,19,30H,2-3,7-10H2,1H3,(H2,29,31)/t13-,19+/m1/s1. The van der Waals surface area contributed by atoms with Crippen LogP contribution in [0.1, 0.15) is 43.4 Å². The Labute approximate surface area is 212 Å². The smallest absolute Gasteiger partial charge is 0.239 e. The Morgan fingerprint density at radius 1 is 1.40 bits per heavy atom. The van der Waals surface area contributed by atoms with E-state index in [1.165, 1.54) is 12.1 Å². The first-order chi connectivity index (χ1) is 16.8. The lowest BCUT2D eigenvalue weighted by atomic mass is 9.99. The summed E-state index contributed by atoms with van der Waals surface area (Å²) in [4.78, 5) is 18.9. The predicted molar refractivity (Wildman–Crippen MR) is 134 cm³/mol. The maximum absolute atomic E-state index is 14.0. The van der Waals surface area contributed by atoms with Crippen LogP contribution in [-0.4, -0.2) is 41.5 Å². The number of nitrogens with zero attached hydrogens (tertiary/aromatic N) is 2. The SMILES string of the molecule is C[C@@H](Oc1c(N)ncc2c(C3=CCN(C(=O)[C@@H]4CCCN4)CC3)coc12)c1c(Cl)ccc(F)c1Cl. The lowest BCUT2D eigenvalue weighted by molar-refractivity contribution is -0.132. The summed E-state index contributed by atoms with van der Waals surface area (Å²) >= 11 is 12.4. The fourth-order valence-corrected chi connectivity index (χ4v) is 5.40. The molecule has 0 spiro atoms. The summed E-state index contributed by atoms with van der Waals surface area (Å²) in [5.41, 5.74) is 8.80. The Morgan fingerprint density at radius 2 is 2.23 bits per heavy atom. The van der Waals surface area contributed by atoms with E-state index in [0.717, 1.165) is 35.9 Å². The number of furan rings is 1. The van der Waals surface area contributed by atoms with E-state index in [1.54, 1.807) is 19.4 Å². The third-order valence-corrected chi connectivity index (χ3v) is 7.32. The summed E-state index contributed by atoms with van der Waals surface area (Å²) in [5, 5.41) is 4.18. The molecule has 0 unspecified atom stereocenters. The van der Waals surface area contributed by atoms with Crippen LogP contribution >= 0.6 is 23.2 Å². The van der Waals surface area contributed by atoms with Gasteiger partial charge in [-0.2, -0.15) is 0 Å². The van der Waals surface area contributed by atoms with Crippen molar-refractivity contribution in [2.24, 2.45) is 0 Å². The van der Waals surface area contributed by atoms with Gasteiger partial charge in [-0.15, -0.1) is 0 Å². The Kier molecular flexibility index (Phi) is 6.61. The molecule has 1 aromatic carbocycles. The molecule has 5 rings (SSSR count). The number of nitrogens with two attached hydrogens (primary N) is 1. The molecular formula is C25H25Cl2FN4O3. The average Bonchev–Trinajstić information content (AvgIpc) is 3.54. The third kappa shape index (κ3) is 4.46. The predicted octanol–water partition coefficient (Wildman–Crippen LogP) is 5.36. The number of rotatable bonds is 5. The zero-order valence-electron chi connectivity index (χ0n) is 19.1. The maximum Gasteiger partial charge on any atom is 0.239 e. The minimum absolute atomic E-state index is 0.0753. The average molecular weight is 519 g/mol. The van der Waals surface area contributed by atoms with Gasteiger partial charge >= 0.3 is 0 Å². The zero-order valence-corrected chi connectivity index (χ0v) is 20.6. The molecule has 1 saturated heterocycles. The second-order valence-electron chi connectivity index (χ2n) is 8.79. The van der Waals surface area contributed by atoms with E-state index in [4.69, 9.17) is 38.1 Å². The molecule has 4 heterocycles. The molecule has 2 aliphatic heterocycles. The lowest BCUT2D eigenvalue weighted by Crippen LogP contribution is -2.45. The Hall–Kier alpha value is -2.81. The molecule has 7 nitrogen and oxygen atoms in total. The summed E-state index contributed by atoms with van der Waals surface area (Å²) in [6.45, 7) is 3.76. The minimum atomic E-state index is -0.716. The van der Waals surface area contributed by atoms with E-state index in [-0.39, 0.29) is 33.6 Å². The molecule has 1 fully saturated rings. The molecule has 0 aliphatic carbocycles. The summed E-state index contributed by atoms with van der Waals surface area (Å²) in [6.07, 6.45) is 7.23. The fourth-order valence-electron chi connectivity index (χ4n) is 4.72. The number of hydrogen-bond donors (Lipinski definition) is 2. The van der Waals surface area contributed by atoms with Gasteiger partial charge < -0.3 is 25.1 Å². The van der Waals surface area contributed by atoms with Crippen molar-refractivity contribution >= 4 is 51.5 Å². The van der Waals surface area contributed by atoms with Crippen LogP contribution in [0.25, 0.3) is 16.5 Å². The van der Waals surface area contributed by atoms with Gasteiger partial charge in [0.2, 0.25) is 11.7 Å². The molecule has 2 aromatic heterocycles. The number of halogens is 3. The molecule has 2 aliphatic rings. The fraction of sp³-hybridized carbons (Fsp3) is 0.360. The van der Waals surface area contributed by atoms with Crippen molar-refractivity contribution in [1.29, 1.82) is 0 Å². The summed E-state index contributed by atoms with van der Waals surface area (Å²) in [7, 11) is 0. The van der Waals surface area contributed by atoms with Gasteiger partial charge in [0, 0.05) is 35.4 Å². The number of amides is 1. The number of ether oxygens (including phenoxy) is 1. The third-order valence-electron chi connectivity index (χ3n) is 6.61. The van der Waals surface area contributed by atoms with Crippen molar-refractivity contribution in [1.82, 2.24) is 15.2 Å². The molecule has 2 atom stereocenters. The molecule has 0 bridgehead atoms. The van der Waals surface area contributed by atoms with E-state index >= 15 is 0 Å². The molecule has 184 valence electrons. The second-order valence-corrected chi connectivity index (χ2v) is 9.58. The van der Waals surface area contributed by atoms with E-state index in [2.05, 4.69) is 10.3 Å². The van der Waals surface area contributed by atoms with Crippen LogP contribution in [0.3, 0.4) is 0 Å². The van der Waals surface area contributed by atoms with Crippen molar-refractivity contribution in [2.45, 2.75) is 38.3 Å². The highest BCUT2D eigenvalue weighted by atomic mass is 35.5. The lowest BCUT2D eigenvalue weighted by Gasteiger charge is -2.28. The first-order valence-electron chi connectivity index (χ1n) is 11.5. The van der Waals surface area contributed by atoms with Gasteiger partial charge in [0.1, 0.15) is 11.9 Å². The van der Waals surface area contributed by atoms with Crippen LogP contribution in [0, 0.1) is 5.82 Å². The number of pyridine rings is 1. The van der Waals surface area contributed by atoms with Crippen molar-refractivity contribution in [3.05, 3.63) is 57.7 Å². The van der Waals surface area contributed by atoms with E-state index in [1.807, 2.05) is 11.0 Å². The monoisotopic (exact) mass is 518 g/mol. The largest absolute Gasteiger partial charge is 0.478 e. The van der Waals surface area contributed by atoms with Gasteiger partial charge in [-0.1, -0.05) is 29.3 Å². The normalized spacial score (nSPS) is 19.1. The van der Waals surface area contributed by atoms with Gasteiger partial charge in [-0.3, -0.25) is 4.79 Å².